The highest BCUT2D eigenvalue weighted by molar-refractivity contribution is 5.94. The second-order valence-corrected chi connectivity index (χ2v) is 3.16. The van der Waals surface area contributed by atoms with E-state index >= 15 is 0 Å². The molecule has 2 N–H and O–H groups in total. The maximum Gasteiger partial charge on any atom is 0.335 e. The number of hydrogen-bond donors (Lipinski definition) is 2. The number of fused-ring (bicyclic) bond motifs is 1. The third-order valence-electron chi connectivity index (χ3n) is 2.24. The molecular formula is C11H9NO3. The Labute approximate surface area is 85.8 Å². The number of carboxylic acids is 1. The molecule has 1 heterocycles. The number of benzene rings is 1. The van der Waals surface area contributed by atoms with E-state index in [1.807, 2.05) is 0 Å². The van der Waals surface area contributed by atoms with Crippen LogP contribution in [0.1, 0.15) is 16.1 Å². The molecule has 0 aliphatic carbocycles. The molecule has 76 valence electrons. The number of nitrogens with zero attached hydrogens (tertiary/aromatic N) is 1. The number of aliphatic hydroxyl groups is 1. The summed E-state index contributed by atoms with van der Waals surface area (Å²) >= 11 is 0. The number of hydrogen-bond acceptors (Lipinski definition) is 3. The third kappa shape index (κ3) is 1.67. The fraction of sp³-hybridized carbons (Fsp3) is 0.0909. The Morgan fingerprint density at radius 1 is 1.33 bits per heavy atom. The molecule has 0 atom stereocenters. The monoisotopic (exact) mass is 203 g/mol. The quantitative estimate of drug-likeness (QED) is 0.774. The van der Waals surface area contributed by atoms with Crippen molar-refractivity contribution in [3.05, 3.63) is 41.7 Å². The topological polar surface area (TPSA) is 70.4 Å². The highest BCUT2D eigenvalue weighted by atomic mass is 16.4. The standard InChI is InChI=1S/C11H9NO3/c13-6-10-9-2-1-8(11(14)15)5-7(9)3-4-12-10/h1-5,13H,6H2,(H,14,15). The van der Waals surface area contributed by atoms with Crippen molar-refractivity contribution in [2.75, 3.05) is 0 Å². The molecular weight excluding hydrogens is 194 g/mol. The largest absolute Gasteiger partial charge is 0.478 e. The smallest absolute Gasteiger partial charge is 0.335 e. The van der Waals surface area contributed by atoms with Crippen LogP contribution in [0.5, 0.6) is 0 Å². The molecule has 15 heavy (non-hydrogen) atoms. The molecule has 0 bridgehead atoms. The van der Waals surface area contributed by atoms with Crippen LogP contribution in [-0.2, 0) is 6.61 Å². The van der Waals surface area contributed by atoms with Crippen LogP contribution >= 0.6 is 0 Å². The van der Waals surface area contributed by atoms with Gasteiger partial charge in [-0.3, -0.25) is 4.98 Å². The van der Waals surface area contributed by atoms with Crippen LogP contribution in [0.4, 0.5) is 0 Å². The highest BCUT2D eigenvalue weighted by Gasteiger charge is 2.05. The summed E-state index contributed by atoms with van der Waals surface area (Å²) in [7, 11) is 0. The minimum absolute atomic E-state index is 0.149. The van der Waals surface area contributed by atoms with Crippen molar-refractivity contribution < 1.29 is 15.0 Å². The van der Waals surface area contributed by atoms with Gasteiger partial charge < -0.3 is 10.2 Å². The van der Waals surface area contributed by atoms with E-state index in [-0.39, 0.29) is 12.2 Å². The SMILES string of the molecule is O=C(O)c1ccc2c(CO)nccc2c1. The van der Waals surface area contributed by atoms with E-state index in [4.69, 9.17) is 10.2 Å². The van der Waals surface area contributed by atoms with Gasteiger partial charge in [-0.25, -0.2) is 4.79 Å². The van der Waals surface area contributed by atoms with Gasteiger partial charge in [0.15, 0.2) is 0 Å². The number of aliphatic hydroxyl groups excluding tert-OH is 1. The summed E-state index contributed by atoms with van der Waals surface area (Å²) in [6, 6.07) is 6.46. The Bertz CT molecular complexity index is 522. The van der Waals surface area contributed by atoms with Crippen molar-refractivity contribution in [3.63, 3.8) is 0 Å². The average Bonchev–Trinajstić information content (AvgIpc) is 2.27. The minimum Gasteiger partial charge on any atom is -0.478 e. The highest BCUT2D eigenvalue weighted by Crippen LogP contribution is 2.18. The fourth-order valence-corrected chi connectivity index (χ4v) is 1.50. The van der Waals surface area contributed by atoms with Gasteiger partial charge >= 0.3 is 5.97 Å². The minimum atomic E-state index is -0.959. The second kappa shape index (κ2) is 3.67. The number of pyridine rings is 1. The van der Waals surface area contributed by atoms with Crippen molar-refractivity contribution in [2.24, 2.45) is 0 Å². The predicted molar refractivity (Wildman–Crippen MR) is 54.6 cm³/mol. The number of rotatable bonds is 2. The summed E-state index contributed by atoms with van der Waals surface area (Å²) < 4.78 is 0. The van der Waals surface area contributed by atoms with E-state index in [1.54, 1.807) is 24.4 Å². The summed E-state index contributed by atoms with van der Waals surface area (Å²) in [5, 5.41) is 19.4. The Balaban J connectivity index is 2.69. The van der Waals surface area contributed by atoms with Crippen LogP contribution < -0.4 is 0 Å². The van der Waals surface area contributed by atoms with Crippen molar-refractivity contribution in [3.8, 4) is 0 Å². The zero-order valence-corrected chi connectivity index (χ0v) is 7.84. The number of aromatic carboxylic acids is 1. The summed E-state index contributed by atoms with van der Waals surface area (Å²) in [5.74, 6) is -0.959. The molecule has 1 aromatic carbocycles. The fourth-order valence-electron chi connectivity index (χ4n) is 1.50. The molecule has 0 aliphatic rings. The van der Waals surface area contributed by atoms with E-state index in [1.165, 1.54) is 6.07 Å². The van der Waals surface area contributed by atoms with E-state index < -0.39 is 5.97 Å². The lowest BCUT2D eigenvalue weighted by molar-refractivity contribution is 0.0697. The molecule has 0 spiro atoms. The summed E-state index contributed by atoms with van der Waals surface area (Å²) in [6.07, 6.45) is 1.56. The maximum atomic E-state index is 10.7. The molecule has 0 unspecified atom stereocenters. The van der Waals surface area contributed by atoms with Crippen LogP contribution in [0.25, 0.3) is 10.8 Å². The Morgan fingerprint density at radius 3 is 2.80 bits per heavy atom. The van der Waals surface area contributed by atoms with Crippen LogP contribution in [-0.4, -0.2) is 21.2 Å². The lowest BCUT2D eigenvalue weighted by Crippen LogP contribution is -1.97. The van der Waals surface area contributed by atoms with Crippen LogP contribution in [0.3, 0.4) is 0 Å². The molecule has 0 fully saturated rings. The molecule has 0 saturated carbocycles. The number of carboxylic acid groups (broad SMARTS) is 1. The lowest BCUT2D eigenvalue weighted by atomic mass is 10.1. The van der Waals surface area contributed by atoms with Gasteiger partial charge in [0.05, 0.1) is 17.9 Å². The first kappa shape index (κ1) is 9.61. The first-order valence-corrected chi connectivity index (χ1v) is 4.44. The van der Waals surface area contributed by atoms with Crippen LogP contribution in [0.15, 0.2) is 30.5 Å². The van der Waals surface area contributed by atoms with Gasteiger partial charge in [0.2, 0.25) is 0 Å². The molecule has 4 heteroatoms. The van der Waals surface area contributed by atoms with Gasteiger partial charge in [-0.2, -0.15) is 0 Å². The normalized spacial score (nSPS) is 10.5. The Hall–Kier alpha value is -1.94. The zero-order valence-electron chi connectivity index (χ0n) is 7.84. The maximum absolute atomic E-state index is 10.7. The van der Waals surface area contributed by atoms with Crippen molar-refractivity contribution in [1.29, 1.82) is 0 Å². The predicted octanol–water partition coefficient (Wildman–Crippen LogP) is 1.43. The number of carbonyl (C=O) groups is 1. The van der Waals surface area contributed by atoms with Crippen molar-refractivity contribution in [1.82, 2.24) is 4.98 Å². The van der Waals surface area contributed by atoms with Crippen molar-refractivity contribution >= 4 is 16.7 Å². The molecule has 2 aromatic rings. The second-order valence-electron chi connectivity index (χ2n) is 3.16. The van der Waals surface area contributed by atoms with Gasteiger partial charge in [-0.15, -0.1) is 0 Å². The summed E-state index contributed by atoms with van der Waals surface area (Å²) in [4.78, 5) is 14.7. The van der Waals surface area contributed by atoms with E-state index in [0.29, 0.717) is 5.69 Å². The first-order valence-electron chi connectivity index (χ1n) is 4.44. The van der Waals surface area contributed by atoms with Gasteiger partial charge in [0, 0.05) is 11.6 Å². The Kier molecular flexibility index (Phi) is 2.35. The van der Waals surface area contributed by atoms with Gasteiger partial charge in [0.25, 0.3) is 0 Å². The van der Waals surface area contributed by atoms with E-state index in [0.717, 1.165) is 10.8 Å². The number of aromatic nitrogens is 1. The summed E-state index contributed by atoms with van der Waals surface area (Å²) in [5.41, 5.74) is 0.794. The van der Waals surface area contributed by atoms with E-state index in [2.05, 4.69) is 4.98 Å². The van der Waals surface area contributed by atoms with Gasteiger partial charge in [-0.1, -0.05) is 6.07 Å². The van der Waals surface area contributed by atoms with Crippen LogP contribution in [0, 0.1) is 0 Å². The average molecular weight is 203 g/mol. The molecule has 0 radical (unpaired) electrons. The first-order chi connectivity index (χ1) is 7.22. The molecule has 2 rings (SSSR count). The van der Waals surface area contributed by atoms with E-state index in [9.17, 15) is 4.79 Å². The Morgan fingerprint density at radius 2 is 2.13 bits per heavy atom. The molecule has 4 nitrogen and oxygen atoms in total. The van der Waals surface area contributed by atoms with Crippen LogP contribution in [0.2, 0.25) is 0 Å². The lowest BCUT2D eigenvalue weighted by Gasteiger charge is -2.03. The zero-order chi connectivity index (χ0) is 10.8. The molecule has 0 saturated heterocycles. The third-order valence-corrected chi connectivity index (χ3v) is 2.24. The molecule has 0 aliphatic heterocycles. The molecule has 0 amide bonds. The molecule has 1 aromatic heterocycles. The van der Waals surface area contributed by atoms with Gasteiger partial charge in [-0.05, 0) is 23.6 Å². The van der Waals surface area contributed by atoms with Gasteiger partial charge in [0.1, 0.15) is 0 Å². The van der Waals surface area contributed by atoms with Crippen molar-refractivity contribution in [2.45, 2.75) is 6.61 Å². The summed E-state index contributed by atoms with van der Waals surface area (Å²) in [6.45, 7) is -0.149.